The summed E-state index contributed by atoms with van der Waals surface area (Å²) >= 11 is 3.28. The van der Waals surface area contributed by atoms with E-state index >= 15 is 0 Å². The minimum absolute atomic E-state index is 0.137. The van der Waals surface area contributed by atoms with E-state index in [9.17, 15) is 4.79 Å². The van der Waals surface area contributed by atoms with Crippen molar-refractivity contribution >= 4 is 21.9 Å². The molecule has 1 rings (SSSR count). The molecule has 1 aromatic rings. The summed E-state index contributed by atoms with van der Waals surface area (Å²) in [5, 5.41) is 0. The Labute approximate surface area is 110 Å². The Bertz CT molecular complexity index is 415. The van der Waals surface area contributed by atoms with Crippen LogP contribution in [0.3, 0.4) is 0 Å². The molecule has 1 atom stereocenters. The molecule has 1 aromatic heterocycles. The van der Waals surface area contributed by atoms with Crippen molar-refractivity contribution in [3.05, 3.63) is 23.7 Å². The van der Waals surface area contributed by atoms with Crippen molar-refractivity contribution in [2.45, 2.75) is 31.7 Å². The number of ether oxygens (including phenoxy) is 1. The first-order chi connectivity index (χ1) is 8.04. The molecule has 0 saturated heterocycles. The van der Waals surface area contributed by atoms with Crippen LogP contribution < -0.4 is 0 Å². The zero-order valence-electron chi connectivity index (χ0n) is 9.90. The van der Waals surface area contributed by atoms with Crippen molar-refractivity contribution in [1.29, 1.82) is 0 Å². The van der Waals surface area contributed by atoms with E-state index in [1.807, 2.05) is 13.8 Å². The number of rotatable bonds is 5. The fourth-order valence-corrected chi connectivity index (χ4v) is 1.32. The topological polar surface area (TPSA) is 39.4 Å². The Balaban J connectivity index is 2.45. The van der Waals surface area contributed by atoms with E-state index in [1.165, 1.54) is 0 Å². The van der Waals surface area contributed by atoms with Gasteiger partial charge in [0.1, 0.15) is 23.0 Å². The number of terminal acetylenes is 1. The standard InChI is InChI=1S/C13H15BrO3/c1-4-5-10-6-7-11(17-10)8-16-13(15)12(14)9(2)3/h1,6-7,9,12H,5,8H2,2-3H3. The molecule has 0 aliphatic rings. The average Bonchev–Trinajstić information content (AvgIpc) is 2.73. The van der Waals surface area contributed by atoms with Gasteiger partial charge in [-0.15, -0.1) is 6.42 Å². The third-order valence-corrected chi connectivity index (χ3v) is 3.59. The minimum Gasteiger partial charge on any atom is -0.461 e. The average molecular weight is 299 g/mol. The van der Waals surface area contributed by atoms with Gasteiger partial charge in [-0.3, -0.25) is 4.79 Å². The maximum absolute atomic E-state index is 11.5. The van der Waals surface area contributed by atoms with Crippen molar-refractivity contribution in [2.75, 3.05) is 0 Å². The van der Waals surface area contributed by atoms with Gasteiger partial charge in [-0.25, -0.2) is 0 Å². The lowest BCUT2D eigenvalue weighted by molar-refractivity contribution is -0.145. The molecule has 0 saturated carbocycles. The van der Waals surface area contributed by atoms with E-state index < -0.39 is 0 Å². The van der Waals surface area contributed by atoms with Crippen LogP contribution in [-0.2, 0) is 22.6 Å². The predicted molar refractivity (Wildman–Crippen MR) is 68.6 cm³/mol. The maximum atomic E-state index is 11.5. The van der Waals surface area contributed by atoms with Crippen LogP contribution in [0.2, 0.25) is 0 Å². The van der Waals surface area contributed by atoms with E-state index in [0.29, 0.717) is 17.9 Å². The molecule has 1 unspecified atom stereocenters. The van der Waals surface area contributed by atoms with Crippen molar-refractivity contribution in [2.24, 2.45) is 5.92 Å². The molecule has 1 heterocycles. The van der Waals surface area contributed by atoms with Crippen LogP contribution in [0.5, 0.6) is 0 Å². The third-order valence-electron chi connectivity index (χ3n) is 2.16. The number of hydrogen-bond acceptors (Lipinski definition) is 3. The highest BCUT2D eigenvalue weighted by Gasteiger charge is 2.20. The van der Waals surface area contributed by atoms with E-state index in [-0.39, 0.29) is 23.3 Å². The molecule has 0 aromatic carbocycles. The molecule has 0 amide bonds. The highest BCUT2D eigenvalue weighted by molar-refractivity contribution is 9.10. The molecule has 0 spiro atoms. The molecule has 0 radical (unpaired) electrons. The number of halogens is 1. The largest absolute Gasteiger partial charge is 0.461 e. The van der Waals surface area contributed by atoms with E-state index in [0.717, 1.165) is 0 Å². The van der Waals surface area contributed by atoms with Crippen molar-refractivity contribution in [1.82, 2.24) is 0 Å². The first kappa shape index (κ1) is 13.9. The highest BCUT2D eigenvalue weighted by atomic mass is 79.9. The molecule has 0 bridgehead atoms. The summed E-state index contributed by atoms with van der Waals surface area (Å²) in [5.74, 6) is 3.70. The number of carbonyl (C=O) groups excluding carboxylic acids is 1. The Kier molecular flexibility index (Phi) is 5.30. The minimum atomic E-state index is -0.289. The molecule has 0 aliphatic carbocycles. The fraction of sp³-hybridized carbons (Fsp3) is 0.462. The van der Waals surface area contributed by atoms with Crippen LogP contribution in [0.15, 0.2) is 16.5 Å². The molecule has 0 aliphatic heterocycles. The summed E-state index contributed by atoms with van der Waals surface area (Å²) in [6, 6.07) is 3.55. The van der Waals surface area contributed by atoms with Crippen molar-refractivity contribution < 1.29 is 13.9 Å². The smallest absolute Gasteiger partial charge is 0.320 e. The molecular formula is C13H15BrO3. The number of furan rings is 1. The Morgan fingerprint density at radius 3 is 2.76 bits per heavy atom. The summed E-state index contributed by atoms with van der Waals surface area (Å²) in [4.78, 5) is 11.3. The van der Waals surface area contributed by atoms with Gasteiger partial charge in [0.2, 0.25) is 0 Å². The van der Waals surface area contributed by atoms with Crippen LogP contribution in [0.25, 0.3) is 0 Å². The van der Waals surface area contributed by atoms with Crippen LogP contribution in [0, 0.1) is 18.3 Å². The van der Waals surface area contributed by atoms with Gasteiger partial charge in [0.05, 0.1) is 6.42 Å². The summed E-state index contributed by atoms with van der Waals surface area (Å²) in [6.07, 6.45) is 5.61. The SMILES string of the molecule is C#CCc1ccc(COC(=O)C(Br)C(C)C)o1. The number of alkyl halides is 1. The number of carbonyl (C=O) groups is 1. The first-order valence-electron chi connectivity index (χ1n) is 5.36. The Morgan fingerprint density at radius 2 is 2.18 bits per heavy atom. The summed E-state index contributed by atoms with van der Waals surface area (Å²) in [6.45, 7) is 4.02. The second-order valence-electron chi connectivity index (χ2n) is 4.00. The van der Waals surface area contributed by atoms with Gasteiger partial charge in [0.15, 0.2) is 0 Å². The highest BCUT2D eigenvalue weighted by Crippen LogP contribution is 2.15. The van der Waals surface area contributed by atoms with Gasteiger partial charge in [0.25, 0.3) is 0 Å². The molecule has 3 nitrogen and oxygen atoms in total. The normalized spacial score (nSPS) is 12.2. The summed E-state index contributed by atoms with van der Waals surface area (Å²) in [7, 11) is 0. The summed E-state index contributed by atoms with van der Waals surface area (Å²) in [5.41, 5.74) is 0. The monoisotopic (exact) mass is 298 g/mol. The third kappa shape index (κ3) is 4.27. The molecule has 0 N–H and O–H groups in total. The van der Waals surface area contributed by atoms with Crippen molar-refractivity contribution in [3.8, 4) is 12.3 Å². The van der Waals surface area contributed by atoms with Gasteiger partial charge in [-0.1, -0.05) is 35.7 Å². The predicted octanol–water partition coefficient (Wildman–Crippen LogP) is 2.92. The Hall–Kier alpha value is -1.21. The maximum Gasteiger partial charge on any atom is 0.320 e. The van der Waals surface area contributed by atoms with Crippen molar-refractivity contribution in [3.63, 3.8) is 0 Å². The number of hydrogen-bond donors (Lipinski definition) is 0. The van der Waals surface area contributed by atoms with E-state index in [1.54, 1.807) is 12.1 Å². The van der Waals surface area contributed by atoms with Gasteiger partial charge in [-0.2, -0.15) is 0 Å². The van der Waals surface area contributed by atoms with Gasteiger partial charge < -0.3 is 9.15 Å². The van der Waals surface area contributed by atoms with E-state index in [4.69, 9.17) is 15.6 Å². The fourth-order valence-electron chi connectivity index (χ4n) is 1.19. The Morgan fingerprint density at radius 1 is 1.53 bits per heavy atom. The number of esters is 1. The lowest BCUT2D eigenvalue weighted by Crippen LogP contribution is -2.22. The van der Waals surface area contributed by atoms with Gasteiger partial charge >= 0.3 is 5.97 Å². The second-order valence-corrected chi connectivity index (χ2v) is 4.99. The lowest BCUT2D eigenvalue weighted by atomic mass is 10.1. The molecule has 17 heavy (non-hydrogen) atoms. The van der Waals surface area contributed by atoms with Crippen LogP contribution >= 0.6 is 15.9 Å². The lowest BCUT2D eigenvalue weighted by Gasteiger charge is -2.11. The summed E-state index contributed by atoms with van der Waals surface area (Å²) < 4.78 is 10.5. The van der Waals surface area contributed by atoms with Crippen LogP contribution in [0.1, 0.15) is 25.4 Å². The van der Waals surface area contributed by atoms with Crippen LogP contribution in [-0.4, -0.2) is 10.8 Å². The molecule has 4 heteroatoms. The molecule has 0 fully saturated rings. The quantitative estimate of drug-likeness (QED) is 0.477. The molecular weight excluding hydrogens is 284 g/mol. The van der Waals surface area contributed by atoms with Gasteiger partial charge in [0, 0.05) is 0 Å². The zero-order chi connectivity index (χ0) is 12.8. The molecule has 92 valence electrons. The van der Waals surface area contributed by atoms with Gasteiger partial charge in [-0.05, 0) is 18.1 Å². The zero-order valence-corrected chi connectivity index (χ0v) is 11.5. The second kappa shape index (κ2) is 6.51. The van der Waals surface area contributed by atoms with E-state index in [2.05, 4.69) is 21.9 Å². The van der Waals surface area contributed by atoms with Crippen LogP contribution in [0.4, 0.5) is 0 Å². The first-order valence-corrected chi connectivity index (χ1v) is 6.28.